The van der Waals surface area contributed by atoms with E-state index in [9.17, 15) is 4.21 Å². The van der Waals surface area contributed by atoms with Crippen LogP contribution in [0.1, 0.15) is 38.6 Å². The lowest BCUT2D eigenvalue weighted by atomic mass is 10.2. The van der Waals surface area contributed by atoms with E-state index in [4.69, 9.17) is 0 Å². The molecular weight excluding hydrogens is 342 g/mol. The van der Waals surface area contributed by atoms with Crippen molar-refractivity contribution in [2.75, 3.05) is 0 Å². The number of rotatable bonds is 3. The van der Waals surface area contributed by atoms with Crippen molar-refractivity contribution in [3.63, 3.8) is 0 Å². The molecule has 0 unspecified atom stereocenters. The topological polar surface area (TPSA) is 29.1 Å². The molecule has 0 aliphatic carbocycles. The highest BCUT2D eigenvalue weighted by molar-refractivity contribution is 9.10. The molecule has 0 aliphatic heterocycles. The van der Waals surface area contributed by atoms with E-state index in [1.807, 2.05) is 32.9 Å². The minimum Gasteiger partial charge on any atom is -0.242 e. The van der Waals surface area contributed by atoms with E-state index >= 15 is 0 Å². The molecule has 0 bridgehead atoms. The Morgan fingerprint density at radius 2 is 1.95 bits per heavy atom. The summed E-state index contributed by atoms with van der Waals surface area (Å²) in [7, 11) is -1.06. The van der Waals surface area contributed by atoms with Crippen molar-refractivity contribution < 1.29 is 4.21 Å². The monoisotopic (exact) mass is 359 g/mol. The van der Waals surface area contributed by atoms with Gasteiger partial charge in [0.25, 0.3) is 0 Å². The highest BCUT2D eigenvalue weighted by atomic mass is 79.9. The van der Waals surface area contributed by atoms with Crippen LogP contribution in [0.3, 0.4) is 0 Å². The molecule has 2 atom stereocenters. The predicted molar refractivity (Wildman–Crippen MR) is 89.0 cm³/mol. The first kappa shape index (κ1) is 15.2. The summed E-state index contributed by atoms with van der Waals surface area (Å²) in [6, 6.07) is 8.36. The Morgan fingerprint density at radius 3 is 2.53 bits per heavy atom. The second-order valence-corrected chi connectivity index (χ2v) is 9.37. The number of thiophene rings is 1. The number of hydrogen-bond acceptors (Lipinski definition) is 2. The Labute approximate surface area is 129 Å². The Morgan fingerprint density at radius 1 is 1.32 bits per heavy atom. The smallest absolute Gasteiger partial charge is 0.0976 e. The molecule has 104 valence electrons. The number of nitrogens with one attached hydrogen (secondary N) is 1. The zero-order valence-corrected chi connectivity index (χ0v) is 14.7. The van der Waals surface area contributed by atoms with E-state index in [1.54, 1.807) is 11.3 Å². The van der Waals surface area contributed by atoms with Gasteiger partial charge in [0, 0.05) is 19.4 Å². The average Bonchev–Trinajstić information content (AvgIpc) is 2.66. The van der Waals surface area contributed by atoms with E-state index in [-0.39, 0.29) is 10.8 Å². The van der Waals surface area contributed by atoms with Gasteiger partial charge in [-0.3, -0.25) is 0 Å². The Balaban J connectivity index is 2.29. The Bertz CT molecular complexity index is 615. The van der Waals surface area contributed by atoms with Crippen molar-refractivity contribution in [3.05, 3.63) is 33.6 Å². The van der Waals surface area contributed by atoms with Crippen molar-refractivity contribution in [2.24, 2.45) is 0 Å². The van der Waals surface area contributed by atoms with Gasteiger partial charge in [-0.2, -0.15) is 0 Å². The van der Waals surface area contributed by atoms with Crippen LogP contribution >= 0.6 is 27.3 Å². The van der Waals surface area contributed by atoms with Crippen LogP contribution in [0.25, 0.3) is 10.1 Å². The molecule has 5 heteroatoms. The maximum atomic E-state index is 12.2. The van der Waals surface area contributed by atoms with Crippen molar-refractivity contribution >= 4 is 48.3 Å². The summed E-state index contributed by atoms with van der Waals surface area (Å²) in [6.45, 7) is 7.98. The van der Waals surface area contributed by atoms with Crippen LogP contribution in [0.5, 0.6) is 0 Å². The van der Waals surface area contributed by atoms with Crippen molar-refractivity contribution in [1.29, 1.82) is 0 Å². The van der Waals surface area contributed by atoms with Crippen LogP contribution in [-0.2, 0) is 11.0 Å². The molecule has 0 spiro atoms. The summed E-state index contributed by atoms with van der Waals surface area (Å²) >= 11 is 5.41. The van der Waals surface area contributed by atoms with Gasteiger partial charge in [-0.15, -0.1) is 11.3 Å². The summed E-state index contributed by atoms with van der Waals surface area (Å²) in [5, 5.41) is 1.22. The van der Waals surface area contributed by atoms with Crippen LogP contribution < -0.4 is 4.72 Å². The van der Waals surface area contributed by atoms with Crippen LogP contribution in [0.15, 0.2) is 28.7 Å². The van der Waals surface area contributed by atoms with Gasteiger partial charge in [-0.25, -0.2) is 8.93 Å². The van der Waals surface area contributed by atoms with Crippen LogP contribution in [0.4, 0.5) is 0 Å². The largest absolute Gasteiger partial charge is 0.242 e. The summed E-state index contributed by atoms with van der Waals surface area (Å²) in [6.07, 6.45) is 0. The van der Waals surface area contributed by atoms with Gasteiger partial charge in [0.15, 0.2) is 0 Å². The minimum atomic E-state index is -1.06. The SMILES string of the molecule is C[C@@H](N[S@](=O)C(C)(C)C)c1sc2ccccc2c1Br. The van der Waals surface area contributed by atoms with Gasteiger partial charge >= 0.3 is 0 Å². The third-order valence-corrected chi connectivity index (χ3v) is 6.94. The summed E-state index contributed by atoms with van der Waals surface area (Å²) in [5.41, 5.74) is 0. The lowest BCUT2D eigenvalue weighted by Crippen LogP contribution is -2.34. The molecule has 0 saturated carbocycles. The summed E-state index contributed by atoms with van der Waals surface area (Å²) in [4.78, 5) is 1.19. The van der Waals surface area contributed by atoms with Gasteiger partial charge in [-0.1, -0.05) is 18.2 Å². The minimum absolute atomic E-state index is 0.0619. The second kappa shape index (κ2) is 5.64. The van der Waals surface area contributed by atoms with E-state index in [1.165, 1.54) is 15.0 Å². The fourth-order valence-electron chi connectivity index (χ4n) is 1.70. The van der Waals surface area contributed by atoms with Crippen molar-refractivity contribution in [1.82, 2.24) is 4.72 Å². The standard InChI is InChI=1S/C14H18BrNOS2/c1-9(16-19(17)14(2,3)4)13-12(15)10-7-5-6-8-11(10)18-13/h5-9,16H,1-4H3/t9-,19-/m1/s1. The van der Waals surface area contributed by atoms with Gasteiger partial charge in [-0.05, 0) is 49.7 Å². The molecule has 1 N–H and O–H groups in total. The molecule has 2 rings (SSSR count). The van der Waals surface area contributed by atoms with E-state index in [0.29, 0.717) is 0 Å². The predicted octanol–water partition coefficient (Wildman–Crippen LogP) is 4.78. The van der Waals surface area contributed by atoms with Crippen molar-refractivity contribution in [3.8, 4) is 0 Å². The molecule has 0 radical (unpaired) electrons. The highest BCUT2D eigenvalue weighted by Gasteiger charge is 2.23. The Kier molecular flexibility index (Phi) is 4.50. The fraction of sp³-hybridized carbons (Fsp3) is 0.429. The zero-order valence-electron chi connectivity index (χ0n) is 11.5. The number of halogens is 1. The molecule has 1 aromatic heterocycles. The first-order valence-corrected chi connectivity index (χ1v) is 8.91. The summed E-state index contributed by atoms with van der Waals surface area (Å²) < 4.78 is 17.5. The molecule has 0 aliphatic rings. The van der Waals surface area contributed by atoms with Crippen LogP contribution in [0, 0.1) is 0 Å². The van der Waals surface area contributed by atoms with Crippen molar-refractivity contribution in [2.45, 2.75) is 38.5 Å². The highest BCUT2D eigenvalue weighted by Crippen LogP contribution is 2.39. The second-order valence-electron chi connectivity index (χ2n) is 5.50. The molecule has 1 heterocycles. The molecule has 2 aromatic rings. The molecule has 2 nitrogen and oxygen atoms in total. The number of benzene rings is 1. The van der Waals surface area contributed by atoms with Gasteiger partial charge in [0.2, 0.25) is 0 Å². The third kappa shape index (κ3) is 3.27. The number of hydrogen-bond donors (Lipinski definition) is 1. The van der Waals surface area contributed by atoms with Crippen LogP contribution in [-0.4, -0.2) is 8.96 Å². The lowest BCUT2D eigenvalue weighted by molar-refractivity contribution is 0.618. The quantitative estimate of drug-likeness (QED) is 0.839. The van der Waals surface area contributed by atoms with Gasteiger partial charge in [0.05, 0.1) is 21.8 Å². The Hall–Kier alpha value is -0.230. The molecular formula is C14H18BrNOS2. The lowest BCUT2D eigenvalue weighted by Gasteiger charge is -2.21. The molecule has 0 amide bonds. The first-order valence-electron chi connectivity index (χ1n) is 6.15. The molecule has 0 fully saturated rings. The zero-order chi connectivity index (χ0) is 14.2. The molecule has 19 heavy (non-hydrogen) atoms. The average molecular weight is 360 g/mol. The molecule has 0 saturated heterocycles. The summed E-state index contributed by atoms with van der Waals surface area (Å²) in [5.74, 6) is 0. The van der Waals surface area contributed by atoms with E-state index < -0.39 is 11.0 Å². The molecule has 1 aromatic carbocycles. The van der Waals surface area contributed by atoms with E-state index in [0.717, 1.165) is 4.47 Å². The van der Waals surface area contributed by atoms with Gasteiger partial charge in [0.1, 0.15) is 0 Å². The number of fused-ring (bicyclic) bond motifs is 1. The van der Waals surface area contributed by atoms with Gasteiger partial charge < -0.3 is 0 Å². The maximum Gasteiger partial charge on any atom is 0.0976 e. The maximum absolute atomic E-state index is 12.2. The third-order valence-electron chi connectivity index (χ3n) is 2.79. The normalized spacial score (nSPS) is 15.6. The van der Waals surface area contributed by atoms with Crippen LogP contribution in [0.2, 0.25) is 0 Å². The fourth-order valence-corrected chi connectivity index (χ4v) is 4.73. The van der Waals surface area contributed by atoms with E-state index in [2.05, 4.69) is 39.7 Å². The first-order chi connectivity index (χ1) is 8.80.